The summed E-state index contributed by atoms with van der Waals surface area (Å²) in [5, 5.41) is 110. The molecule has 43 nitrogen and oxygen atoms in total. The lowest BCUT2D eigenvalue weighted by Gasteiger charge is -2.15. The summed E-state index contributed by atoms with van der Waals surface area (Å²) in [6.45, 7) is 0. The number of nitro groups is 1. The van der Waals surface area contributed by atoms with E-state index < -0.39 is 212 Å². The van der Waals surface area contributed by atoms with Crippen molar-refractivity contribution in [3.05, 3.63) is 101 Å². The van der Waals surface area contributed by atoms with Crippen LogP contribution in [0.4, 0.5) is 56.9 Å². The van der Waals surface area contributed by atoms with Gasteiger partial charge in [-0.1, -0.05) is 10.1 Å². The average molecular weight is 1450 g/mol. The predicted molar refractivity (Wildman–Crippen MR) is 304 cm³/mol. The minimum absolute atomic E-state index is 0.0693. The van der Waals surface area contributed by atoms with E-state index >= 15 is 0 Å². The van der Waals surface area contributed by atoms with E-state index in [9.17, 15) is 113 Å². The highest BCUT2D eigenvalue weighted by Crippen LogP contribution is 2.52. The minimum atomic E-state index is -5.83. The van der Waals surface area contributed by atoms with Gasteiger partial charge in [-0.15, -0.1) is 49.6 Å². The van der Waals surface area contributed by atoms with E-state index in [0.29, 0.717) is 47.1 Å². The zero-order valence-electron chi connectivity index (χ0n) is 44.0. The number of carboxylic acids is 1. The predicted octanol–water partition coefficient (Wildman–Crippen LogP) is 8.48. The molecular formula is C42H28N12O31S8. The molecule has 0 unspecified atom stereocenters. The number of nitrogens with two attached hydrogens (primary N) is 1. The molecular weight excluding hydrogens is 1430 g/mol. The summed E-state index contributed by atoms with van der Waals surface area (Å²) < 4.78 is 221. The van der Waals surface area contributed by atoms with Gasteiger partial charge in [0.25, 0.3) is 66.4 Å². The van der Waals surface area contributed by atoms with E-state index in [-0.39, 0.29) is 35.8 Å². The Morgan fingerprint density at radius 2 is 1.04 bits per heavy atom. The van der Waals surface area contributed by atoms with Gasteiger partial charge in [0.05, 0.1) is 60.5 Å². The van der Waals surface area contributed by atoms with Crippen molar-refractivity contribution < 1.29 is 137 Å². The van der Waals surface area contributed by atoms with Crippen molar-refractivity contribution in [3.8, 4) is 23.1 Å². The van der Waals surface area contributed by atoms with Crippen LogP contribution in [0.15, 0.2) is 165 Å². The Morgan fingerprint density at radius 1 is 0.516 bits per heavy atom. The first kappa shape index (κ1) is 69.5. The third kappa shape index (κ3) is 14.8. The number of nitrogen functional groups attached to an aromatic ring is 1. The van der Waals surface area contributed by atoms with Crippen molar-refractivity contribution in [2.75, 3.05) is 5.73 Å². The van der Waals surface area contributed by atoms with Gasteiger partial charge >= 0.3 is 5.97 Å². The molecule has 0 radical (unpaired) electrons. The number of hydrogen-bond acceptors (Lipinski definition) is 36. The summed E-state index contributed by atoms with van der Waals surface area (Å²) in [4.78, 5) is 13.7. The van der Waals surface area contributed by atoms with Crippen LogP contribution in [0.5, 0.6) is 17.4 Å². The number of anilines is 1. The van der Waals surface area contributed by atoms with Gasteiger partial charge in [0.15, 0.2) is 17.2 Å². The minimum Gasteiger partial charge on any atom is -0.505 e. The lowest BCUT2D eigenvalue weighted by atomic mass is 10.0. The van der Waals surface area contributed by atoms with Crippen molar-refractivity contribution in [2.24, 2.45) is 40.9 Å². The third-order valence-electron chi connectivity index (χ3n) is 11.8. The maximum absolute atomic E-state index is 13.2. The second-order valence-corrected chi connectivity index (χ2v) is 27.2. The fourth-order valence-corrected chi connectivity index (χ4v) is 12.9. The summed E-state index contributed by atoms with van der Waals surface area (Å²) in [6, 6.07) is 8.93. The molecule has 0 aliphatic carbocycles. The highest BCUT2D eigenvalue weighted by Gasteiger charge is 2.32. The number of nitrogens with zero attached hydrogens (tertiary/aromatic N) is 11. The van der Waals surface area contributed by atoms with Gasteiger partial charge in [-0.3, -0.25) is 37.4 Å². The Kier molecular flexibility index (Phi) is 19.4. The molecule has 51 heteroatoms. The lowest BCUT2D eigenvalue weighted by Crippen LogP contribution is -2.03. The van der Waals surface area contributed by atoms with Crippen molar-refractivity contribution in [1.29, 1.82) is 0 Å². The highest BCUT2D eigenvalue weighted by atomic mass is 32.2. The van der Waals surface area contributed by atoms with Crippen LogP contribution in [-0.2, 0) is 79.5 Å². The quantitative estimate of drug-likeness (QED) is 0.00543. The highest BCUT2D eigenvalue weighted by molar-refractivity contribution is 7.95. The van der Waals surface area contributed by atoms with Crippen LogP contribution in [0, 0.1) is 10.1 Å². The number of fused-ring (bicyclic) bond motifs is 2. The van der Waals surface area contributed by atoms with Gasteiger partial charge in [-0.2, -0.15) is 60.3 Å². The topological polar surface area (TPSA) is 687 Å². The molecule has 7 aromatic carbocycles. The Bertz CT molecular complexity index is 5360. The van der Waals surface area contributed by atoms with E-state index in [1.807, 2.05) is 0 Å². The third-order valence-corrected chi connectivity index (χ3v) is 18.4. The number of phenols is 2. The van der Waals surface area contributed by atoms with E-state index in [1.165, 1.54) is 0 Å². The molecule has 0 fully saturated rings. The molecule has 0 saturated carbocycles. The van der Waals surface area contributed by atoms with E-state index in [1.54, 1.807) is 0 Å². The zero-order chi connectivity index (χ0) is 68.8. The maximum atomic E-state index is 13.2. The number of carboxylic acid groups (broad SMARTS) is 1. The summed E-state index contributed by atoms with van der Waals surface area (Å²) in [5.74, 6) is -5.82. The number of aromatic carboxylic acids is 1. The molecule has 8 aromatic rings. The van der Waals surface area contributed by atoms with Gasteiger partial charge in [0.1, 0.15) is 64.3 Å². The Labute approximate surface area is 522 Å². The molecule has 1 aromatic heterocycles. The van der Waals surface area contributed by atoms with E-state index in [2.05, 4.69) is 64.8 Å². The number of benzene rings is 7. The Balaban J connectivity index is 1.28. The number of non-ortho nitro benzene ring substituents is 1. The monoisotopic (exact) mass is 1450 g/mol. The first-order valence-corrected chi connectivity index (χ1v) is 33.2. The maximum Gasteiger partial charge on any atom is 0.358 e. The number of phenolic OH excluding ortho intramolecular Hbond substituents is 2. The van der Waals surface area contributed by atoms with Gasteiger partial charge in [-0.05, 0) is 72.8 Å². The normalized spacial score (nSPS) is 13.0. The Morgan fingerprint density at radius 3 is 1.60 bits per heavy atom. The molecule has 0 bridgehead atoms. The van der Waals surface area contributed by atoms with Crippen LogP contribution in [0.2, 0.25) is 0 Å². The molecule has 0 spiro atoms. The molecule has 1 heterocycles. The van der Waals surface area contributed by atoms with Gasteiger partial charge < -0.3 is 26.2 Å². The molecule has 0 saturated heterocycles. The van der Waals surface area contributed by atoms with Gasteiger partial charge in [-0.25, -0.2) is 15.3 Å². The van der Waals surface area contributed by atoms with Crippen LogP contribution in [-0.4, -0.2) is 129 Å². The first-order chi connectivity index (χ1) is 43.2. The molecule has 0 amide bonds. The van der Waals surface area contributed by atoms with Gasteiger partial charge in [0, 0.05) is 28.3 Å². The number of nitro benzene ring substituents is 1. The SMILES string of the molecule is Nc1c(N=Nc2ccc3c(O)c(N=Nc4cc(/N=N/c5c(C(=O)O)nn(-c6ccc(S(=O)(=O)O)cc6)c5O)c(S(=O)(=O)O)cc4SOOO)c(S(=O)(=O)O)cc3c2S(=O)(=O)O)cc(S(=O)(=O)O)c2cc(SOOO)c(N=Nc3ccc([N+](=O)[O-])cc3S(=O)(=O)O)c(O)c12. The second kappa shape index (κ2) is 26.0. The molecule has 0 atom stereocenters. The largest absolute Gasteiger partial charge is 0.505 e. The van der Waals surface area contributed by atoms with Crippen molar-refractivity contribution in [3.63, 3.8) is 0 Å². The smallest absolute Gasteiger partial charge is 0.358 e. The van der Waals surface area contributed by atoms with Crippen molar-refractivity contribution in [2.45, 2.75) is 39.2 Å². The first-order valence-electron chi connectivity index (χ1n) is 23.1. The van der Waals surface area contributed by atoms with Crippen molar-refractivity contribution in [1.82, 2.24) is 9.78 Å². The molecule has 14 N–H and O–H groups in total. The lowest BCUT2D eigenvalue weighted by molar-refractivity contribution is -0.432. The summed E-state index contributed by atoms with van der Waals surface area (Å²) in [5.41, 5.74) is -4.88. The van der Waals surface area contributed by atoms with Crippen LogP contribution < -0.4 is 5.73 Å². The van der Waals surface area contributed by atoms with Crippen LogP contribution in [0.1, 0.15) is 10.5 Å². The number of carbonyl (C=O) groups is 1. The second-order valence-electron chi connectivity index (χ2n) is 17.4. The van der Waals surface area contributed by atoms with Crippen molar-refractivity contribution >= 4 is 169 Å². The number of aromatic nitrogens is 2. The van der Waals surface area contributed by atoms with E-state index in [4.69, 9.17) is 16.2 Å². The molecule has 0 aliphatic rings. The van der Waals surface area contributed by atoms with Crippen LogP contribution in [0.25, 0.3) is 27.2 Å². The number of rotatable bonds is 23. The summed E-state index contributed by atoms with van der Waals surface area (Å²) >= 11 is -0.215. The summed E-state index contributed by atoms with van der Waals surface area (Å²) in [6.07, 6.45) is 0. The fourth-order valence-electron chi connectivity index (χ4n) is 7.96. The standard InChI is InChI=1S/C42H28N12O31S8/c43-33-25(13-28(89(67,68)69)20-10-27(87-85-83-63)34(39(56)32(20)33)49-44-21-7-3-16(54(60)61)9-29(21)90(70,71)72)48-45-22-8-6-18-19(40(22)93(79,80)81)11-31(92(76,77)78)35(38(18)55)50-46-23-12-24(30(91(73,74)75)14-26(23)86-84-82-62)47-51-36-37(42(58)59)52-53(41(36)57)15-1-4-17(5-2-15)88(64,65)66/h1-14,55-57,62-63H,43H2,(H,58,59)(H,64,65,66)(H,67,68,69)(H,70,71,72)(H,73,74,75)(H,76,77,78)(H,79,80,81)/b48-45?,49-44?,50-46?,51-47+. The zero-order valence-corrected chi connectivity index (χ0v) is 50.5. The Hall–Kier alpha value is -9.34. The fraction of sp³-hybridized carbons (Fsp3) is 0. The van der Waals surface area contributed by atoms with Gasteiger partial charge in [0.2, 0.25) is 11.6 Å². The average Bonchev–Trinajstić information content (AvgIpc) is 1.40. The van der Waals surface area contributed by atoms with Crippen LogP contribution >= 0.6 is 24.1 Å². The molecule has 93 heavy (non-hydrogen) atoms. The molecule has 0 aliphatic heterocycles. The summed E-state index contributed by atoms with van der Waals surface area (Å²) in [7, 11) is -32.8. The molecule has 490 valence electrons. The molecule has 8 rings (SSSR count). The number of hydrogen-bond donors (Lipinski definition) is 13. The number of aromatic hydroxyl groups is 3. The van der Waals surface area contributed by atoms with E-state index in [0.717, 1.165) is 36.4 Å². The van der Waals surface area contributed by atoms with Crippen LogP contribution in [0.3, 0.4) is 0 Å². The number of azo groups is 4.